The van der Waals surface area contributed by atoms with E-state index in [1.807, 2.05) is 23.2 Å². The zero-order valence-corrected chi connectivity index (χ0v) is 10.5. The fourth-order valence-corrected chi connectivity index (χ4v) is 2.88. The molecule has 1 aromatic heterocycles. The van der Waals surface area contributed by atoms with Crippen molar-refractivity contribution in [2.45, 2.75) is 50.2 Å². The molecule has 4 nitrogen and oxygen atoms in total. The Morgan fingerprint density at radius 3 is 2.83 bits per heavy atom. The third-order valence-electron chi connectivity index (χ3n) is 3.89. The van der Waals surface area contributed by atoms with E-state index in [0.29, 0.717) is 12.5 Å². The van der Waals surface area contributed by atoms with Crippen molar-refractivity contribution in [1.29, 1.82) is 0 Å². The van der Waals surface area contributed by atoms with Crippen molar-refractivity contribution in [3.63, 3.8) is 0 Å². The Hall–Kier alpha value is -1.42. The van der Waals surface area contributed by atoms with Crippen LogP contribution in [0.15, 0.2) is 24.5 Å². The Morgan fingerprint density at radius 2 is 2.17 bits per heavy atom. The lowest BCUT2D eigenvalue weighted by molar-refractivity contribution is -0.133. The van der Waals surface area contributed by atoms with Crippen LogP contribution in [0.1, 0.15) is 43.7 Å². The second-order valence-corrected chi connectivity index (χ2v) is 5.32. The Kier molecular flexibility index (Phi) is 3.04. The largest absolute Gasteiger partial charge is 0.331 e. The first-order valence-electron chi connectivity index (χ1n) is 6.74. The maximum Gasteiger partial charge on any atom is 0.223 e. The highest BCUT2D eigenvalue weighted by Crippen LogP contribution is 2.38. The van der Waals surface area contributed by atoms with E-state index in [2.05, 4.69) is 4.98 Å². The van der Waals surface area contributed by atoms with Gasteiger partial charge in [0, 0.05) is 30.9 Å². The SMILES string of the molecule is NC1CCCC(=O)N(C2CC2)C1c1cccnc1. The molecule has 2 N–H and O–H groups in total. The molecule has 96 valence electrons. The molecule has 0 bridgehead atoms. The molecule has 2 fully saturated rings. The fourth-order valence-electron chi connectivity index (χ4n) is 2.88. The van der Waals surface area contributed by atoms with E-state index in [1.165, 1.54) is 0 Å². The second-order valence-electron chi connectivity index (χ2n) is 5.32. The summed E-state index contributed by atoms with van der Waals surface area (Å²) in [5.41, 5.74) is 7.38. The van der Waals surface area contributed by atoms with E-state index in [9.17, 15) is 4.79 Å². The number of rotatable bonds is 2. The van der Waals surface area contributed by atoms with Gasteiger partial charge in [-0.1, -0.05) is 6.07 Å². The lowest BCUT2D eigenvalue weighted by atomic mass is 9.97. The molecular formula is C14H19N3O. The van der Waals surface area contributed by atoms with Crippen LogP contribution < -0.4 is 5.73 Å². The van der Waals surface area contributed by atoms with Gasteiger partial charge in [0.15, 0.2) is 0 Å². The van der Waals surface area contributed by atoms with Crippen LogP contribution >= 0.6 is 0 Å². The van der Waals surface area contributed by atoms with Crippen LogP contribution in [0.25, 0.3) is 0 Å². The van der Waals surface area contributed by atoms with Crippen molar-refractivity contribution in [1.82, 2.24) is 9.88 Å². The third-order valence-corrected chi connectivity index (χ3v) is 3.89. The number of carbonyl (C=O) groups is 1. The molecule has 1 saturated heterocycles. The Morgan fingerprint density at radius 1 is 1.33 bits per heavy atom. The first kappa shape index (κ1) is 11.7. The highest BCUT2D eigenvalue weighted by molar-refractivity contribution is 5.78. The molecule has 3 rings (SSSR count). The van der Waals surface area contributed by atoms with E-state index in [-0.39, 0.29) is 18.0 Å². The first-order chi connectivity index (χ1) is 8.77. The average molecular weight is 245 g/mol. The van der Waals surface area contributed by atoms with Crippen LogP contribution in [0.2, 0.25) is 0 Å². The summed E-state index contributed by atoms with van der Waals surface area (Å²) in [6.45, 7) is 0. The molecule has 0 aromatic carbocycles. The quantitative estimate of drug-likeness (QED) is 0.861. The van der Waals surface area contributed by atoms with E-state index in [0.717, 1.165) is 31.2 Å². The van der Waals surface area contributed by atoms with Crippen molar-refractivity contribution in [3.05, 3.63) is 30.1 Å². The number of likely N-dealkylation sites (tertiary alicyclic amines) is 1. The van der Waals surface area contributed by atoms with Gasteiger partial charge in [0.1, 0.15) is 0 Å². The molecule has 18 heavy (non-hydrogen) atoms. The molecule has 0 spiro atoms. The molecule has 4 heteroatoms. The van der Waals surface area contributed by atoms with Crippen LogP contribution in [0.3, 0.4) is 0 Å². The molecular weight excluding hydrogens is 226 g/mol. The summed E-state index contributed by atoms with van der Waals surface area (Å²) in [5, 5.41) is 0. The van der Waals surface area contributed by atoms with Gasteiger partial charge in [0.2, 0.25) is 5.91 Å². The predicted molar refractivity (Wildman–Crippen MR) is 68.7 cm³/mol. The van der Waals surface area contributed by atoms with Crippen molar-refractivity contribution in [2.24, 2.45) is 5.73 Å². The molecule has 2 atom stereocenters. The number of carbonyl (C=O) groups excluding carboxylic acids is 1. The fraction of sp³-hybridized carbons (Fsp3) is 0.571. The average Bonchev–Trinajstić information content (AvgIpc) is 3.20. The smallest absolute Gasteiger partial charge is 0.223 e. The maximum atomic E-state index is 12.3. The maximum absolute atomic E-state index is 12.3. The topological polar surface area (TPSA) is 59.2 Å². The molecule has 2 aliphatic rings. The Balaban J connectivity index is 1.96. The summed E-state index contributed by atoms with van der Waals surface area (Å²) in [6.07, 6.45) is 8.30. The van der Waals surface area contributed by atoms with E-state index >= 15 is 0 Å². The van der Waals surface area contributed by atoms with Crippen molar-refractivity contribution in [2.75, 3.05) is 0 Å². The summed E-state index contributed by atoms with van der Waals surface area (Å²) in [6, 6.07) is 4.41. The van der Waals surface area contributed by atoms with E-state index < -0.39 is 0 Å². The van der Waals surface area contributed by atoms with Gasteiger partial charge < -0.3 is 10.6 Å². The van der Waals surface area contributed by atoms with Crippen molar-refractivity contribution in [3.8, 4) is 0 Å². The zero-order chi connectivity index (χ0) is 12.5. The molecule has 1 amide bonds. The van der Waals surface area contributed by atoms with Crippen LogP contribution in [-0.4, -0.2) is 27.9 Å². The minimum atomic E-state index is 0.0150. The number of hydrogen-bond acceptors (Lipinski definition) is 3. The normalized spacial score (nSPS) is 29.2. The van der Waals surface area contributed by atoms with Gasteiger partial charge in [-0.2, -0.15) is 0 Å². The minimum absolute atomic E-state index is 0.0150. The number of amides is 1. The molecule has 1 aliphatic heterocycles. The highest BCUT2D eigenvalue weighted by Gasteiger charge is 2.41. The Labute approximate surface area is 107 Å². The van der Waals surface area contributed by atoms with Gasteiger partial charge in [0.25, 0.3) is 0 Å². The number of pyridine rings is 1. The number of hydrogen-bond donors (Lipinski definition) is 1. The molecule has 1 saturated carbocycles. The molecule has 1 aliphatic carbocycles. The third kappa shape index (κ3) is 2.12. The van der Waals surface area contributed by atoms with Crippen molar-refractivity contribution < 1.29 is 4.79 Å². The van der Waals surface area contributed by atoms with Crippen molar-refractivity contribution >= 4 is 5.91 Å². The highest BCUT2D eigenvalue weighted by atomic mass is 16.2. The number of nitrogens with zero attached hydrogens (tertiary/aromatic N) is 2. The van der Waals surface area contributed by atoms with Crippen LogP contribution in [0, 0.1) is 0 Å². The van der Waals surface area contributed by atoms with Gasteiger partial charge in [0.05, 0.1) is 6.04 Å². The van der Waals surface area contributed by atoms with Crippen LogP contribution in [-0.2, 0) is 4.79 Å². The summed E-state index contributed by atoms with van der Waals surface area (Å²) < 4.78 is 0. The molecule has 1 aromatic rings. The van der Waals surface area contributed by atoms with Crippen LogP contribution in [0.4, 0.5) is 0 Å². The summed E-state index contributed by atoms with van der Waals surface area (Å²) in [7, 11) is 0. The zero-order valence-electron chi connectivity index (χ0n) is 10.5. The van der Waals surface area contributed by atoms with E-state index in [1.54, 1.807) is 6.20 Å². The first-order valence-corrected chi connectivity index (χ1v) is 6.74. The van der Waals surface area contributed by atoms with E-state index in [4.69, 9.17) is 5.73 Å². The van der Waals surface area contributed by atoms with Gasteiger partial charge in [-0.15, -0.1) is 0 Å². The number of nitrogens with two attached hydrogens (primary N) is 1. The van der Waals surface area contributed by atoms with Gasteiger partial charge in [-0.3, -0.25) is 9.78 Å². The van der Waals surface area contributed by atoms with Crippen LogP contribution in [0.5, 0.6) is 0 Å². The summed E-state index contributed by atoms with van der Waals surface area (Å²) >= 11 is 0. The molecule has 2 unspecified atom stereocenters. The standard InChI is InChI=1S/C14H19N3O/c15-12-4-1-5-13(18)17(11-6-7-11)14(12)10-3-2-8-16-9-10/h2-3,8-9,11-12,14H,1,4-7,15H2. The lowest BCUT2D eigenvalue weighted by Crippen LogP contribution is -2.43. The summed E-state index contributed by atoms with van der Waals surface area (Å²) in [5.74, 6) is 0.263. The molecule has 2 heterocycles. The summed E-state index contributed by atoms with van der Waals surface area (Å²) in [4.78, 5) is 18.5. The lowest BCUT2D eigenvalue weighted by Gasteiger charge is -2.34. The molecule has 0 radical (unpaired) electrons. The minimum Gasteiger partial charge on any atom is -0.331 e. The second kappa shape index (κ2) is 4.69. The predicted octanol–water partition coefficient (Wildman–Crippen LogP) is 1.62. The van der Waals surface area contributed by atoms with Gasteiger partial charge in [-0.25, -0.2) is 0 Å². The van der Waals surface area contributed by atoms with Gasteiger partial charge in [-0.05, 0) is 37.3 Å². The Bertz CT molecular complexity index is 430. The number of aromatic nitrogens is 1. The van der Waals surface area contributed by atoms with Gasteiger partial charge >= 0.3 is 0 Å². The monoisotopic (exact) mass is 245 g/mol.